The summed E-state index contributed by atoms with van der Waals surface area (Å²) in [6, 6.07) is 0. The van der Waals surface area contributed by atoms with Gasteiger partial charge in [-0.2, -0.15) is 0 Å². The number of nitrogens with zero attached hydrogens (tertiary/aromatic N) is 1. The largest absolute Gasteiger partial charge is 0.316 e. The summed E-state index contributed by atoms with van der Waals surface area (Å²) in [7, 11) is -2.86. The lowest BCUT2D eigenvalue weighted by Crippen LogP contribution is -2.28. The highest BCUT2D eigenvalue weighted by atomic mass is 32.2. The Bertz CT molecular complexity index is 677. The molecule has 3 aliphatic rings. The van der Waals surface area contributed by atoms with Gasteiger partial charge in [-0.25, -0.2) is 13.4 Å². The average molecular weight is 326 g/mol. The van der Waals surface area contributed by atoms with Crippen molar-refractivity contribution in [1.82, 2.24) is 4.98 Å². The molecule has 1 aromatic rings. The number of amides is 1. The first kappa shape index (κ1) is 13.7. The number of sulfone groups is 1. The molecule has 114 valence electrons. The van der Waals surface area contributed by atoms with Crippen molar-refractivity contribution in [2.24, 2.45) is 11.3 Å². The van der Waals surface area contributed by atoms with Gasteiger partial charge in [-0.3, -0.25) is 4.79 Å². The molecule has 1 atom stereocenters. The van der Waals surface area contributed by atoms with Gasteiger partial charge < -0.3 is 5.32 Å². The van der Waals surface area contributed by atoms with Gasteiger partial charge in [-0.15, -0.1) is 11.3 Å². The van der Waals surface area contributed by atoms with E-state index in [-0.39, 0.29) is 28.7 Å². The van der Waals surface area contributed by atoms with Gasteiger partial charge in [0.2, 0.25) is 5.91 Å². The van der Waals surface area contributed by atoms with Gasteiger partial charge in [0.15, 0.2) is 0 Å². The molecule has 1 unspecified atom stereocenters. The molecule has 3 fully saturated rings. The first-order valence-corrected chi connectivity index (χ1v) is 10.1. The maximum atomic E-state index is 12.4. The normalized spacial score (nSPS) is 29.2. The number of nitrogens with one attached hydrogen (secondary N) is 1. The Hall–Kier alpha value is -0.950. The summed E-state index contributed by atoms with van der Waals surface area (Å²) >= 11 is 1.49. The quantitative estimate of drug-likeness (QED) is 0.923. The van der Waals surface area contributed by atoms with E-state index in [9.17, 15) is 13.2 Å². The first-order chi connectivity index (χ1) is 9.99. The Kier molecular flexibility index (Phi) is 2.95. The van der Waals surface area contributed by atoms with E-state index in [0.29, 0.717) is 18.8 Å². The summed E-state index contributed by atoms with van der Waals surface area (Å²) in [5, 5.41) is 3.93. The summed E-state index contributed by atoms with van der Waals surface area (Å²) in [6.07, 6.45) is 4.46. The monoisotopic (exact) mass is 326 g/mol. The summed E-state index contributed by atoms with van der Waals surface area (Å²) in [5.41, 5.74) is 2.79. The van der Waals surface area contributed by atoms with Crippen molar-refractivity contribution in [3.8, 4) is 0 Å². The maximum Gasteiger partial charge on any atom is 0.228 e. The van der Waals surface area contributed by atoms with Gasteiger partial charge in [0, 0.05) is 11.8 Å². The molecule has 2 aliphatic carbocycles. The predicted octanol–water partition coefficient (Wildman–Crippen LogP) is 2.17. The molecule has 1 N–H and O–H groups in total. The topological polar surface area (TPSA) is 76.1 Å². The van der Waals surface area contributed by atoms with Gasteiger partial charge in [-0.05, 0) is 37.5 Å². The maximum absolute atomic E-state index is 12.4. The van der Waals surface area contributed by atoms with Crippen molar-refractivity contribution in [2.75, 3.05) is 16.8 Å². The predicted molar refractivity (Wildman–Crippen MR) is 81.1 cm³/mol. The van der Waals surface area contributed by atoms with Crippen LogP contribution < -0.4 is 5.32 Å². The molecule has 1 amide bonds. The van der Waals surface area contributed by atoms with Crippen molar-refractivity contribution in [3.05, 3.63) is 11.2 Å². The zero-order valence-corrected chi connectivity index (χ0v) is 13.3. The molecule has 0 bridgehead atoms. The van der Waals surface area contributed by atoms with Gasteiger partial charge in [0.25, 0.3) is 0 Å². The third-order valence-electron chi connectivity index (χ3n) is 5.12. The molecule has 21 heavy (non-hydrogen) atoms. The van der Waals surface area contributed by atoms with Gasteiger partial charge in [0.1, 0.15) is 14.8 Å². The van der Waals surface area contributed by atoms with Crippen molar-refractivity contribution in [3.63, 3.8) is 0 Å². The van der Waals surface area contributed by atoms with Gasteiger partial charge >= 0.3 is 0 Å². The van der Waals surface area contributed by atoms with Crippen molar-refractivity contribution in [1.29, 1.82) is 0 Å². The molecule has 2 saturated carbocycles. The van der Waals surface area contributed by atoms with E-state index < -0.39 is 9.84 Å². The van der Waals surface area contributed by atoms with Crippen molar-refractivity contribution in [2.45, 2.75) is 38.0 Å². The van der Waals surface area contributed by atoms with Crippen LogP contribution in [0.5, 0.6) is 0 Å². The molecule has 1 aromatic heterocycles. The van der Waals surface area contributed by atoms with Crippen LogP contribution in [0.1, 0.15) is 43.7 Å². The van der Waals surface area contributed by atoms with Crippen LogP contribution in [0.4, 0.5) is 5.00 Å². The van der Waals surface area contributed by atoms with Crippen LogP contribution in [-0.4, -0.2) is 30.8 Å². The summed E-state index contributed by atoms with van der Waals surface area (Å²) < 4.78 is 23.0. The molecule has 1 aliphatic heterocycles. The third kappa shape index (κ3) is 2.50. The zero-order valence-electron chi connectivity index (χ0n) is 11.7. The Morgan fingerprint density at radius 3 is 2.71 bits per heavy atom. The molecule has 1 saturated heterocycles. The minimum Gasteiger partial charge on any atom is -0.316 e. The van der Waals surface area contributed by atoms with Crippen LogP contribution >= 0.6 is 11.3 Å². The molecular formula is C14H18N2O3S2. The third-order valence-corrected chi connectivity index (χ3v) is 7.53. The zero-order chi connectivity index (χ0) is 14.7. The molecule has 4 rings (SSSR count). The Labute approximate surface area is 128 Å². The number of anilines is 1. The second-order valence-electron chi connectivity index (χ2n) is 6.60. The molecule has 2 heterocycles. The summed E-state index contributed by atoms with van der Waals surface area (Å²) in [5.74, 6) is 1.05. The van der Waals surface area contributed by atoms with E-state index in [1.54, 1.807) is 5.51 Å². The van der Waals surface area contributed by atoms with E-state index in [4.69, 9.17) is 0 Å². The number of hydrogen-bond acceptors (Lipinski definition) is 5. The van der Waals surface area contributed by atoms with E-state index in [1.165, 1.54) is 11.3 Å². The number of rotatable bonds is 3. The number of carbonyl (C=O) groups is 1. The van der Waals surface area contributed by atoms with Gasteiger partial charge in [-0.1, -0.05) is 0 Å². The first-order valence-electron chi connectivity index (χ1n) is 7.44. The fourth-order valence-corrected chi connectivity index (χ4v) is 5.82. The van der Waals surface area contributed by atoms with Crippen LogP contribution in [0.15, 0.2) is 5.51 Å². The average Bonchev–Trinajstić information content (AvgIpc) is 3.35. The molecular weight excluding hydrogens is 308 g/mol. The second kappa shape index (κ2) is 4.52. The smallest absolute Gasteiger partial charge is 0.228 e. The Balaban J connectivity index is 1.42. The van der Waals surface area contributed by atoms with Gasteiger partial charge in [0.05, 0.1) is 22.7 Å². The highest BCUT2D eigenvalue weighted by Gasteiger charge is 2.59. The highest BCUT2D eigenvalue weighted by Crippen LogP contribution is 2.60. The van der Waals surface area contributed by atoms with E-state index in [2.05, 4.69) is 10.3 Å². The lowest BCUT2D eigenvalue weighted by molar-refractivity contribution is -0.118. The van der Waals surface area contributed by atoms with Crippen LogP contribution in [0, 0.1) is 11.3 Å². The van der Waals surface area contributed by atoms with Crippen LogP contribution in [-0.2, 0) is 14.6 Å². The fraction of sp³-hybridized carbons (Fsp3) is 0.714. The second-order valence-corrected chi connectivity index (χ2v) is 9.76. The molecule has 0 radical (unpaired) electrons. The lowest BCUT2D eigenvalue weighted by Gasteiger charge is -2.22. The SMILES string of the molecule is O=C(Nc1scnc1C1CC1)C1CC12CCS(=O)(=O)CC2. The van der Waals surface area contributed by atoms with Crippen molar-refractivity contribution < 1.29 is 13.2 Å². The number of thiazole rings is 1. The summed E-state index contributed by atoms with van der Waals surface area (Å²) in [4.78, 5) is 16.8. The molecule has 0 aromatic carbocycles. The Morgan fingerprint density at radius 2 is 2.05 bits per heavy atom. The molecule has 5 nitrogen and oxygen atoms in total. The van der Waals surface area contributed by atoms with E-state index >= 15 is 0 Å². The van der Waals surface area contributed by atoms with Crippen LogP contribution in [0.2, 0.25) is 0 Å². The molecule has 7 heteroatoms. The Morgan fingerprint density at radius 1 is 1.33 bits per heavy atom. The number of aromatic nitrogens is 1. The van der Waals surface area contributed by atoms with E-state index in [0.717, 1.165) is 30.0 Å². The minimum atomic E-state index is -2.86. The fourth-order valence-electron chi connectivity index (χ4n) is 3.41. The molecule has 1 spiro atoms. The highest BCUT2D eigenvalue weighted by molar-refractivity contribution is 7.91. The van der Waals surface area contributed by atoms with Crippen molar-refractivity contribution >= 4 is 32.1 Å². The standard InChI is InChI=1S/C14H18N2O3S2/c17-12(16-13-11(9-1-2-9)15-8-20-13)10-7-14(10)3-5-21(18,19)6-4-14/h8-10H,1-7H2,(H,16,17). The van der Waals surface area contributed by atoms with Crippen LogP contribution in [0.3, 0.4) is 0 Å². The van der Waals surface area contributed by atoms with E-state index in [1.807, 2.05) is 0 Å². The lowest BCUT2D eigenvalue weighted by atomic mass is 9.96. The summed E-state index contributed by atoms with van der Waals surface area (Å²) in [6.45, 7) is 0. The number of hydrogen-bond donors (Lipinski definition) is 1. The van der Waals surface area contributed by atoms with Crippen LogP contribution in [0.25, 0.3) is 0 Å². The number of carbonyl (C=O) groups excluding carboxylic acids is 1. The minimum absolute atomic E-state index is 0.0119.